The molecule has 4 rings (SSSR count). The zero-order valence-electron chi connectivity index (χ0n) is 18.6. The first kappa shape index (κ1) is 22.8. The predicted octanol–water partition coefficient (Wildman–Crippen LogP) is 4.72. The first-order valence-corrected chi connectivity index (χ1v) is 11.9. The summed E-state index contributed by atoms with van der Waals surface area (Å²) in [5, 5.41) is 2.66. The maximum Gasteiger partial charge on any atom is 0.267 e. The van der Waals surface area contributed by atoms with E-state index in [1.165, 1.54) is 40.7 Å². The third kappa shape index (κ3) is 4.71. The van der Waals surface area contributed by atoms with E-state index < -0.39 is 27.9 Å². The number of benzene rings is 3. The van der Waals surface area contributed by atoms with Crippen LogP contribution in [0.1, 0.15) is 26.3 Å². The highest BCUT2D eigenvalue weighted by atomic mass is 32.2. The second kappa shape index (κ2) is 8.51. The number of hydrogen-bond acceptors (Lipinski definition) is 4. The lowest BCUT2D eigenvalue weighted by molar-refractivity contribution is -0.122. The summed E-state index contributed by atoms with van der Waals surface area (Å²) in [7, 11) is -3.96. The van der Waals surface area contributed by atoms with E-state index in [-0.39, 0.29) is 16.9 Å². The number of fused-ring (bicyclic) bond motifs is 1. The highest BCUT2D eigenvalue weighted by molar-refractivity contribution is 7.92. The Morgan fingerprint density at radius 2 is 1.70 bits per heavy atom. The SMILES string of the molecule is CC(C)(C)c1ccc2c(c1)N(S(=O)(=O)c1ccccc1)C[C@@H](C(=O)Nc1ccc(F)cc1)O2. The van der Waals surface area contributed by atoms with Gasteiger partial charge in [-0.05, 0) is 59.5 Å². The third-order valence-electron chi connectivity index (χ3n) is 5.43. The molecule has 1 atom stereocenters. The summed E-state index contributed by atoms with van der Waals surface area (Å²) in [4.78, 5) is 13.1. The highest BCUT2D eigenvalue weighted by Crippen LogP contribution is 2.40. The molecule has 1 amide bonds. The fourth-order valence-corrected chi connectivity index (χ4v) is 5.05. The van der Waals surface area contributed by atoms with Gasteiger partial charge in [0.1, 0.15) is 11.6 Å². The molecule has 0 spiro atoms. The van der Waals surface area contributed by atoms with Crippen molar-refractivity contribution in [2.75, 3.05) is 16.2 Å². The molecule has 3 aromatic rings. The minimum atomic E-state index is -3.96. The molecule has 172 valence electrons. The van der Waals surface area contributed by atoms with Gasteiger partial charge in [-0.2, -0.15) is 0 Å². The number of carbonyl (C=O) groups is 1. The number of carbonyl (C=O) groups excluding carboxylic acids is 1. The molecule has 8 heteroatoms. The maximum absolute atomic E-state index is 13.6. The molecule has 1 aliphatic rings. The summed E-state index contributed by atoms with van der Waals surface area (Å²) in [6.45, 7) is 5.90. The number of rotatable bonds is 4. The van der Waals surface area contributed by atoms with Crippen molar-refractivity contribution in [3.8, 4) is 5.75 Å². The number of nitrogens with one attached hydrogen (secondary N) is 1. The van der Waals surface area contributed by atoms with Crippen LogP contribution < -0.4 is 14.4 Å². The Balaban J connectivity index is 1.73. The highest BCUT2D eigenvalue weighted by Gasteiger charge is 2.38. The molecule has 1 N–H and O–H groups in total. The van der Waals surface area contributed by atoms with E-state index in [1.54, 1.807) is 30.3 Å². The molecule has 0 unspecified atom stereocenters. The second-order valence-electron chi connectivity index (χ2n) is 8.88. The normalized spacial score (nSPS) is 16.0. The van der Waals surface area contributed by atoms with Crippen LogP contribution in [-0.4, -0.2) is 27.0 Å². The van der Waals surface area contributed by atoms with Gasteiger partial charge in [0.2, 0.25) is 0 Å². The van der Waals surface area contributed by atoms with Gasteiger partial charge in [-0.1, -0.05) is 45.0 Å². The van der Waals surface area contributed by atoms with Gasteiger partial charge in [0.25, 0.3) is 15.9 Å². The van der Waals surface area contributed by atoms with E-state index in [0.717, 1.165) is 5.56 Å². The standard InChI is InChI=1S/C25H25FN2O4S/c1-25(2,3)17-9-14-22-21(15-17)28(33(30,31)20-7-5-4-6-8-20)16-23(32-22)24(29)27-19-12-10-18(26)11-13-19/h4-15,23H,16H2,1-3H3,(H,27,29)/t23-/m0/s1. The number of ether oxygens (including phenoxy) is 1. The van der Waals surface area contributed by atoms with Crippen LogP contribution in [0.3, 0.4) is 0 Å². The predicted molar refractivity (Wildman–Crippen MR) is 126 cm³/mol. The molecule has 0 radical (unpaired) electrons. The molecule has 6 nitrogen and oxygen atoms in total. The molecule has 33 heavy (non-hydrogen) atoms. The average Bonchev–Trinajstić information content (AvgIpc) is 2.79. The van der Waals surface area contributed by atoms with Gasteiger partial charge in [0, 0.05) is 5.69 Å². The summed E-state index contributed by atoms with van der Waals surface area (Å²) in [6.07, 6.45) is -1.10. The molecule has 0 fully saturated rings. The lowest BCUT2D eigenvalue weighted by Crippen LogP contribution is -2.49. The van der Waals surface area contributed by atoms with Gasteiger partial charge >= 0.3 is 0 Å². The minimum absolute atomic E-state index is 0.122. The largest absolute Gasteiger partial charge is 0.476 e. The molecular formula is C25H25FN2O4S. The van der Waals surface area contributed by atoms with Crippen molar-refractivity contribution in [1.29, 1.82) is 0 Å². The smallest absolute Gasteiger partial charge is 0.267 e. The monoisotopic (exact) mass is 468 g/mol. The summed E-state index contributed by atoms with van der Waals surface area (Å²) < 4.78 is 47.5. The van der Waals surface area contributed by atoms with Crippen molar-refractivity contribution in [1.82, 2.24) is 0 Å². The summed E-state index contributed by atoms with van der Waals surface area (Å²) in [6, 6.07) is 18.8. The number of halogens is 1. The molecule has 0 saturated carbocycles. The van der Waals surface area contributed by atoms with Gasteiger partial charge in [0.15, 0.2) is 6.10 Å². The quantitative estimate of drug-likeness (QED) is 0.601. The molecular weight excluding hydrogens is 443 g/mol. The first-order valence-electron chi connectivity index (χ1n) is 10.5. The molecule has 0 bridgehead atoms. The van der Waals surface area contributed by atoms with Crippen LogP contribution in [0, 0.1) is 5.82 Å². The van der Waals surface area contributed by atoms with Crippen LogP contribution in [0.25, 0.3) is 0 Å². The van der Waals surface area contributed by atoms with E-state index in [0.29, 0.717) is 17.1 Å². The summed E-state index contributed by atoms with van der Waals surface area (Å²) >= 11 is 0. The fourth-order valence-electron chi connectivity index (χ4n) is 3.56. The lowest BCUT2D eigenvalue weighted by atomic mass is 9.86. The Bertz CT molecular complexity index is 1270. The lowest BCUT2D eigenvalue weighted by Gasteiger charge is -2.36. The zero-order valence-corrected chi connectivity index (χ0v) is 19.4. The van der Waals surface area contributed by atoms with Crippen LogP contribution in [-0.2, 0) is 20.2 Å². The minimum Gasteiger partial charge on any atom is -0.476 e. The van der Waals surface area contributed by atoms with Crippen molar-refractivity contribution in [3.63, 3.8) is 0 Å². The third-order valence-corrected chi connectivity index (χ3v) is 7.22. The van der Waals surface area contributed by atoms with E-state index in [2.05, 4.69) is 5.32 Å². The van der Waals surface area contributed by atoms with E-state index in [4.69, 9.17) is 4.74 Å². The topological polar surface area (TPSA) is 75.7 Å². The Hall–Kier alpha value is -3.39. The van der Waals surface area contributed by atoms with Crippen molar-refractivity contribution >= 4 is 27.3 Å². The molecule has 1 aliphatic heterocycles. The number of sulfonamides is 1. The van der Waals surface area contributed by atoms with Gasteiger partial charge in [-0.25, -0.2) is 12.8 Å². The van der Waals surface area contributed by atoms with Crippen LogP contribution in [0.2, 0.25) is 0 Å². The van der Waals surface area contributed by atoms with Gasteiger partial charge < -0.3 is 10.1 Å². The average molecular weight is 469 g/mol. The molecule has 0 aliphatic carbocycles. The van der Waals surface area contributed by atoms with Gasteiger partial charge in [0.05, 0.1) is 17.1 Å². The molecule has 0 saturated heterocycles. The molecule has 0 aromatic heterocycles. The number of anilines is 2. The number of amides is 1. The van der Waals surface area contributed by atoms with E-state index in [9.17, 15) is 17.6 Å². The summed E-state index contributed by atoms with van der Waals surface area (Å²) in [5.41, 5.74) is 1.49. The Morgan fingerprint density at radius 1 is 1.03 bits per heavy atom. The van der Waals surface area contributed by atoms with Crippen LogP contribution >= 0.6 is 0 Å². The van der Waals surface area contributed by atoms with Crippen LogP contribution in [0.15, 0.2) is 77.7 Å². The second-order valence-corrected chi connectivity index (χ2v) is 10.7. The van der Waals surface area contributed by atoms with Gasteiger partial charge in [-0.15, -0.1) is 0 Å². The Labute approximate surface area is 193 Å². The summed E-state index contributed by atoms with van der Waals surface area (Å²) in [5.74, 6) is -0.654. The Morgan fingerprint density at radius 3 is 2.33 bits per heavy atom. The molecule has 3 aromatic carbocycles. The number of nitrogens with zero attached hydrogens (tertiary/aromatic N) is 1. The maximum atomic E-state index is 13.6. The van der Waals surface area contributed by atoms with Crippen molar-refractivity contribution in [2.45, 2.75) is 37.2 Å². The van der Waals surface area contributed by atoms with Crippen LogP contribution in [0.4, 0.5) is 15.8 Å². The zero-order chi connectivity index (χ0) is 23.8. The first-order chi connectivity index (χ1) is 15.6. The number of hydrogen-bond donors (Lipinski definition) is 1. The van der Waals surface area contributed by atoms with Crippen LogP contribution in [0.5, 0.6) is 5.75 Å². The van der Waals surface area contributed by atoms with E-state index >= 15 is 0 Å². The van der Waals surface area contributed by atoms with Crippen molar-refractivity contribution < 1.29 is 22.3 Å². The fraction of sp³-hybridized carbons (Fsp3) is 0.240. The van der Waals surface area contributed by atoms with E-state index in [1.807, 2.05) is 26.8 Å². The Kier molecular flexibility index (Phi) is 5.88. The van der Waals surface area contributed by atoms with Crippen molar-refractivity contribution in [2.24, 2.45) is 0 Å². The molecule has 1 heterocycles. The van der Waals surface area contributed by atoms with Gasteiger partial charge in [-0.3, -0.25) is 9.10 Å². The van der Waals surface area contributed by atoms with Crippen molar-refractivity contribution in [3.05, 3.63) is 84.2 Å².